The molecule has 0 saturated carbocycles. The molecule has 80 valence electrons. The summed E-state index contributed by atoms with van der Waals surface area (Å²) in [5, 5.41) is 4.43. The second-order valence-electron chi connectivity index (χ2n) is 4.16. The van der Waals surface area contributed by atoms with Crippen molar-refractivity contribution < 1.29 is 0 Å². The summed E-state index contributed by atoms with van der Waals surface area (Å²) in [5.74, 6) is 0.619. The molecule has 1 rings (SSSR count). The fourth-order valence-electron chi connectivity index (χ4n) is 1.72. The normalized spacial score (nSPS) is 13.1. The molecule has 1 aromatic rings. The first kappa shape index (κ1) is 11.3. The molecular weight excluding hydrogens is 172 g/mol. The summed E-state index contributed by atoms with van der Waals surface area (Å²) in [6, 6.07) is 2.13. The third kappa shape index (κ3) is 3.52. The Hall–Kier alpha value is -0.790. The van der Waals surface area contributed by atoms with Crippen LogP contribution in [0.1, 0.15) is 57.6 Å². The number of hydrogen-bond donors (Lipinski definition) is 0. The van der Waals surface area contributed by atoms with E-state index in [0.29, 0.717) is 5.92 Å². The topological polar surface area (TPSA) is 17.8 Å². The molecule has 1 heterocycles. The number of nitrogens with zero attached hydrogens (tertiary/aromatic N) is 2. The van der Waals surface area contributed by atoms with E-state index in [1.54, 1.807) is 0 Å². The van der Waals surface area contributed by atoms with Crippen molar-refractivity contribution in [3.8, 4) is 0 Å². The number of aryl methyl sites for hydroxylation is 1. The molecule has 1 atom stereocenters. The van der Waals surface area contributed by atoms with E-state index in [9.17, 15) is 0 Å². The number of unbranched alkanes of at least 4 members (excludes halogenated alkanes) is 3. The molecule has 2 heteroatoms. The zero-order valence-electron chi connectivity index (χ0n) is 9.66. The molecule has 0 aliphatic rings. The van der Waals surface area contributed by atoms with Crippen LogP contribution in [0.2, 0.25) is 0 Å². The number of rotatable bonds is 6. The van der Waals surface area contributed by atoms with Gasteiger partial charge in [-0.2, -0.15) is 5.10 Å². The lowest BCUT2D eigenvalue weighted by atomic mass is 10.00. The van der Waals surface area contributed by atoms with Gasteiger partial charge in [-0.05, 0) is 12.5 Å². The van der Waals surface area contributed by atoms with Gasteiger partial charge in [-0.3, -0.25) is 4.68 Å². The maximum atomic E-state index is 4.43. The Bertz CT molecular complexity index is 253. The summed E-state index contributed by atoms with van der Waals surface area (Å²) in [5.41, 5.74) is 1.24. The first-order chi connectivity index (χ1) is 6.74. The first-order valence-electron chi connectivity index (χ1n) is 5.73. The molecule has 0 aliphatic heterocycles. The fraction of sp³-hybridized carbons (Fsp3) is 0.750. The van der Waals surface area contributed by atoms with Gasteiger partial charge in [-0.15, -0.1) is 0 Å². The minimum atomic E-state index is 0.619. The highest BCUT2D eigenvalue weighted by Crippen LogP contribution is 2.19. The van der Waals surface area contributed by atoms with Gasteiger partial charge in [-0.1, -0.05) is 39.5 Å². The smallest absolute Gasteiger partial charge is 0.0652 e. The van der Waals surface area contributed by atoms with Crippen LogP contribution >= 0.6 is 0 Å². The zero-order chi connectivity index (χ0) is 10.4. The summed E-state index contributed by atoms with van der Waals surface area (Å²) in [6.45, 7) is 4.52. The monoisotopic (exact) mass is 194 g/mol. The fourth-order valence-corrected chi connectivity index (χ4v) is 1.72. The van der Waals surface area contributed by atoms with Crippen molar-refractivity contribution in [1.29, 1.82) is 0 Å². The highest BCUT2D eigenvalue weighted by molar-refractivity contribution is 5.04. The van der Waals surface area contributed by atoms with Crippen molar-refractivity contribution in [3.05, 3.63) is 18.0 Å². The molecule has 0 saturated heterocycles. The van der Waals surface area contributed by atoms with E-state index in [0.717, 1.165) is 0 Å². The van der Waals surface area contributed by atoms with Gasteiger partial charge in [0.15, 0.2) is 0 Å². The Morgan fingerprint density at radius 2 is 2.14 bits per heavy atom. The average Bonchev–Trinajstić information content (AvgIpc) is 2.59. The predicted octanol–water partition coefficient (Wildman–Crippen LogP) is 3.49. The summed E-state index contributed by atoms with van der Waals surface area (Å²) in [7, 11) is 1.98. The first-order valence-corrected chi connectivity index (χ1v) is 5.73. The zero-order valence-corrected chi connectivity index (χ0v) is 9.66. The SMILES string of the molecule is CCCCCCC(C)c1ccn(C)n1. The van der Waals surface area contributed by atoms with Gasteiger partial charge in [0.05, 0.1) is 5.69 Å². The molecule has 14 heavy (non-hydrogen) atoms. The lowest BCUT2D eigenvalue weighted by Gasteiger charge is -2.07. The van der Waals surface area contributed by atoms with E-state index in [1.165, 1.54) is 37.8 Å². The van der Waals surface area contributed by atoms with Crippen LogP contribution in [0.25, 0.3) is 0 Å². The molecule has 0 N–H and O–H groups in total. The van der Waals surface area contributed by atoms with Crippen molar-refractivity contribution in [2.75, 3.05) is 0 Å². The molecule has 1 aromatic heterocycles. The summed E-state index contributed by atoms with van der Waals surface area (Å²) < 4.78 is 1.89. The maximum absolute atomic E-state index is 4.43. The maximum Gasteiger partial charge on any atom is 0.0652 e. The standard InChI is InChI=1S/C12H22N2/c1-4-5-6-7-8-11(2)12-9-10-14(3)13-12/h9-11H,4-8H2,1-3H3. The highest BCUT2D eigenvalue weighted by atomic mass is 15.2. The Labute approximate surface area is 87.3 Å². The van der Waals surface area contributed by atoms with Crippen LogP contribution in [0.5, 0.6) is 0 Å². The summed E-state index contributed by atoms with van der Waals surface area (Å²) in [4.78, 5) is 0. The van der Waals surface area contributed by atoms with E-state index in [1.807, 2.05) is 17.9 Å². The van der Waals surface area contributed by atoms with Crippen molar-refractivity contribution in [2.45, 2.75) is 51.9 Å². The molecule has 0 amide bonds. The van der Waals surface area contributed by atoms with Crippen LogP contribution in [-0.4, -0.2) is 9.78 Å². The van der Waals surface area contributed by atoms with Crippen LogP contribution < -0.4 is 0 Å². The molecule has 0 fully saturated rings. The Kier molecular flexibility index (Phi) is 4.71. The van der Waals surface area contributed by atoms with E-state index < -0.39 is 0 Å². The lowest BCUT2D eigenvalue weighted by molar-refractivity contribution is 0.565. The summed E-state index contributed by atoms with van der Waals surface area (Å²) in [6.07, 6.45) is 8.70. The molecule has 0 aliphatic carbocycles. The number of hydrogen-bond acceptors (Lipinski definition) is 1. The minimum absolute atomic E-state index is 0.619. The Morgan fingerprint density at radius 1 is 1.36 bits per heavy atom. The molecule has 0 aromatic carbocycles. The lowest BCUT2D eigenvalue weighted by Crippen LogP contribution is -1.97. The van der Waals surface area contributed by atoms with Gasteiger partial charge in [-0.25, -0.2) is 0 Å². The Morgan fingerprint density at radius 3 is 2.71 bits per heavy atom. The van der Waals surface area contributed by atoms with Crippen LogP contribution in [-0.2, 0) is 7.05 Å². The van der Waals surface area contributed by atoms with Crippen LogP contribution in [0.15, 0.2) is 12.3 Å². The van der Waals surface area contributed by atoms with Crippen molar-refractivity contribution in [1.82, 2.24) is 9.78 Å². The van der Waals surface area contributed by atoms with Gasteiger partial charge in [0.25, 0.3) is 0 Å². The third-order valence-electron chi connectivity index (χ3n) is 2.73. The number of aromatic nitrogens is 2. The van der Waals surface area contributed by atoms with Gasteiger partial charge in [0.2, 0.25) is 0 Å². The minimum Gasteiger partial charge on any atom is -0.276 e. The second kappa shape index (κ2) is 5.84. The van der Waals surface area contributed by atoms with Crippen molar-refractivity contribution in [2.24, 2.45) is 7.05 Å². The quantitative estimate of drug-likeness (QED) is 0.634. The predicted molar refractivity (Wildman–Crippen MR) is 60.4 cm³/mol. The van der Waals surface area contributed by atoms with Gasteiger partial charge in [0, 0.05) is 19.2 Å². The van der Waals surface area contributed by atoms with Crippen LogP contribution in [0.4, 0.5) is 0 Å². The van der Waals surface area contributed by atoms with Crippen LogP contribution in [0.3, 0.4) is 0 Å². The van der Waals surface area contributed by atoms with Gasteiger partial charge in [0.1, 0.15) is 0 Å². The molecule has 0 bridgehead atoms. The molecule has 0 radical (unpaired) electrons. The Balaban J connectivity index is 2.25. The van der Waals surface area contributed by atoms with E-state index in [4.69, 9.17) is 0 Å². The summed E-state index contributed by atoms with van der Waals surface area (Å²) >= 11 is 0. The van der Waals surface area contributed by atoms with Crippen molar-refractivity contribution >= 4 is 0 Å². The van der Waals surface area contributed by atoms with Gasteiger partial charge >= 0.3 is 0 Å². The van der Waals surface area contributed by atoms with E-state index >= 15 is 0 Å². The van der Waals surface area contributed by atoms with Gasteiger partial charge < -0.3 is 0 Å². The molecular formula is C12H22N2. The average molecular weight is 194 g/mol. The third-order valence-corrected chi connectivity index (χ3v) is 2.73. The molecule has 0 spiro atoms. The molecule has 2 nitrogen and oxygen atoms in total. The molecule has 1 unspecified atom stereocenters. The van der Waals surface area contributed by atoms with Crippen LogP contribution in [0, 0.1) is 0 Å². The largest absolute Gasteiger partial charge is 0.276 e. The highest BCUT2D eigenvalue weighted by Gasteiger charge is 2.07. The van der Waals surface area contributed by atoms with E-state index in [-0.39, 0.29) is 0 Å². The second-order valence-corrected chi connectivity index (χ2v) is 4.16. The van der Waals surface area contributed by atoms with E-state index in [2.05, 4.69) is 25.0 Å². The van der Waals surface area contributed by atoms with Crippen molar-refractivity contribution in [3.63, 3.8) is 0 Å².